The van der Waals surface area contributed by atoms with E-state index < -0.39 is 0 Å². The molecule has 1 fully saturated rings. The molecule has 0 spiro atoms. The first kappa shape index (κ1) is 12.8. The molecule has 0 aromatic heterocycles. The van der Waals surface area contributed by atoms with E-state index >= 15 is 0 Å². The lowest BCUT2D eigenvalue weighted by atomic mass is 9.69. The van der Waals surface area contributed by atoms with Crippen molar-refractivity contribution in [2.45, 2.75) is 60.8 Å². The Morgan fingerprint density at radius 1 is 1.33 bits per heavy atom. The number of allylic oxidation sites excluding steroid dienone is 1. The maximum Gasteiger partial charge on any atom is -0.00828 e. The van der Waals surface area contributed by atoms with Crippen LogP contribution in [0, 0.1) is 22.7 Å². The van der Waals surface area contributed by atoms with E-state index in [0.29, 0.717) is 10.8 Å². The first-order valence-corrected chi connectivity index (χ1v) is 6.45. The van der Waals surface area contributed by atoms with Gasteiger partial charge in [-0.05, 0) is 35.5 Å². The molecule has 0 nitrogen and oxygen atoms in total. The van der Waals surface area contributed by atoms with Crippen LogP contribution in [0.4, 0.5) is 0 Å². The lowest BCUT2D eigenvalue weighted by Crippen LogP contribution is -2.27. The van der Waals surface area contributed by atoms with E-state index in [0.717, 1.165) is 11.8 Å². The van der Waals surface area contributed by atoms with E-state index in [9.17, 15) is 0 Å². The standard InChI is InChI=1S/C15H28/c1-8-9-15(7)12(4)14(5,6)10-13(15)11(2)3/h11,13H,4,8-10H2,1-3,5-7H3. The van der Waals surface area contributed by atoms with Crippen molar-refractivity contribution in [2.75, 3.05) is 0 Å². The largest absolute Gasteiger partial charge is 0.0988 e. The molecule has 0 aliphatic heterocycles. The van der Waals surface area contributed by atoms with Crippen LogP contribution in [-0.4, -0.2) is 0 Å². The van der Waals surface area contributed by atoms with Crippen LogP contribution in [-0.2, 0) is 0 Å². The molecule has 0 bridgehead atoms. The second-order valence-electron chi connectivity index (χ2n) is 6.58. The second-order valence-corrected chi connectivity index (χ2v) is 6.58. The van der Waals surface area contributed by atoms with Gasteiger partial charge < -0.3 is 0 Å². The molecular weight excluding hydrogens is 180 g/mol. The van der Waals surface area contributed by atoms with Crippen LogP contribution in [0.1, 0.15) is 60.8 Å². The summed E-state index contributed by atoms with van der Waals surface area (Å²) in [5, 5.41) is 0. The first-order valence-electron chi connectivity index (χ1n) is 6.45. The van der Waals surface area contributed by atoms with Gasteiger partial charge in [0.15, 0.2) is 0 Å². The van der Waals surface area contributed by atoms with Crippen molar-refractivity contribution in [2.24, 2.45) is 22.7 Å². The monoisotopic (exact) mass is 208 g/mol. The summed E-state index contributed by atoms with van der Waals surface area (Å²) in [6.45, 7) is 18.6. The maximum atomic E-state index is 4.41. The Bertz CT molecular complexity index is 247. The summed E-state index contributed by atoms with van der Waals surface area (Å²) in [5.41, 5.74) is 2.22. The fraction of sp³-hybridized carbons (Fsp3) is 0.867. The topological polar surface area (TPSA) is 0 Å². The third-order valence-electron chi connectivity index (χ3n) is 4.63. The Balaban J connectivity index is 3.04. The summed E-state index contributed by atoms with van der Waals surface area (Å²) in [4.78, 5) is 0. The van der Waals surface area contributed by atoms with E-state index in [4.69, 9.17) is 0 Å². The number of rotatable bonds is 3. The summed E-state index contributed by atoms with van der Waals surface area (Å²) in [6, 6.07) is 0. The molecule has 0 N–H and O–H groups in total. The fourth-order valence-electron chi connectivity index (χ4n) is 3.72. The van der Waals surface area contributed by atoms with E-state index in [2.05, 4.69) is 48.1 Å². The molecule has 88 valence electrons. The highest BCUT2D eigenvalue weighted by Gasteiger charge is 2.50. The second kappa shape index (κ2) is 3.96. The average molecular weight is 208 g/mol. The summed E-state index contributed by atoms with van der Waals surface area (Å²) in [5.74, 6) is 1.60. The first-order chi connectivity index (χ1) is 6.75. The Morgan fingerprint density at radius 3 is 2.27 bits per heavy atom. The molecule has 0 heteroatoms. The predicted octanol–water partition coefficient (Wildman–Crippen LogP) is 5.05. The van der Waals surface area contributed by atoms with Crippen molar-refractivity contribution >= 4 is 0 Å². The summed E-state index contributed by atoms with van der Waals surface area (Å²) in [6.07, 6.45) is 3.90. The third-order valence-corrected chi connectivity index (χ3v) is 4.63. The minimum Gasteiger partial charge on any atom is -0.0988 e. The van der Waals surface area contributed by atoms with Gasteiger partial charge in [-0.1, -0.05) is 60.1 Å². The van der Waals surface area contributed by atoms with Crippen LogP contribution in [0.25, 0.3) is 0 Å². The Labute approximate surface area is 96.2 Å². The van der Waals surface area contributed by atoms with Crippen LogP contribution < -0.4 is 0 Å². The van der Waals surface area contributed by atoms with Gasteiger partial charge in [0.1, 0.15) is 0 Å². The van der Waals surface area contributed by atoms with Crippen molar-refractivity contribution in [1.29, 1.82) is 0 Å². The van der Waals surface area contributed by atoms with E-state index in [1.54, 1.807) is 0 Å². The van der Waals surface area contributed by atoms with E-state index in [1.165, 1.54) is 24.8 Å². The van der Waals surface area contributed by atoms with Crippen molar-refractivity contribution in [3.05, 3.63) is 12.2 Å². The molecule has 2 atom stereocenters. The van der Waals surface area contributed by atoms with E-state index in [1.807, 2.05) is 0 Å². The summed E-state index contributed by atoms with van der Waals surface area (Å²) in [7, 11) is 0. The van der Waals surface area contributed by atoms with Crippen LogP contribution >= 0.6 is 0 Å². The van der Waals surface area contributed by atoms with Gasteiger partial charge in [-0.3, -0.25) is 0 Å². The van der Waals surface area contributed by atoms with Gasteiger partial charge in [-0.2, -0.15) is 0 Å². The van der Waals surface area contributed by atoms with Gasteiger partial charge in [0.2, 0.25) is 0 Å². The smallest absolute Gasteiger partial charge is 0.00828 e. The Morgan fingerprint density at radius 2 is 1.87 bits per heavy atom. The Hall–Kier alpha value is -0.260. The van der Waals surface area contributed by atoms with Crippen molar-refractivity contribution in [3.8, 4) is 0 Å². The molecule has 1 aliphatic carbocycles. The van der Waals surface area contributed by atoms with Crippen LogP contribution in [0.3, 0.4) is 0 Å². The highest BCUT2D eigenvalue weighted by atomic mass is 14.5. The van der Waals surface area contributed by atoms with Crippen molar-refractivity contribution in [3.63, 3.8) is 0 Å². The van der Waals surface area contributed by atoms with Gasteiger partial charge in [-0.25, -0.2) is 0 Å². The Kier molecular flexibility index (Phi) is 3.38. The molecule has 1 saturated carbocycles. The van der Waals surface area contributed by atoms with Crippen LogP contribution in [0.15, 0.2) is 12.2 Å². The minimum absolute atomic E-state index is 0.346. The fourth-order valence-corrected chi connectivity index (χ4v) is 3.72. The molecular formula is C15H28. The maximum absolute atomic E-state index is 4.41. The molecule has 0 radical (unpaired) electrons. The normalized spacial score (nSPS) is 35.1. The lowest BCUT2D eigenvalue weighted by molar-refractivity contribution is 0.191. The zero-order valence-corrected chi connectivity index (χ0v) is 11.5. The third kappa shape index (κ3) is 2.00. The van der Waals surface area contributed by atoms with Gasteiger partial charge >= 0.3 is 0 Å². The number of hydrogen-bond acceptors (Lipinski definition) is 0. The molecule has 0 saturated heterocycles. The molecule has 1 aliphatic rings. The molecule has 0 amide bonds. The lowest BCUT2D eigenvalue weighted by Gasteiger charge is -2.36. The van der Waals surface area contributed by atoms with Crippen molar-refractivity contribution in [1.82, 2.24) is 0 Å². The molecule has 1 rings (SSSR count). The summed E-state index contributed by atoms with van der Waals surface area (Å²) < 4.78 is 0. The van der Waals surface area contributed by atoms with Gasteiger partial charge in [0.05, 0.1) is 0 Å². The zero-order chi connectivity index (χ0) is 11.9. The zero-order valence-electron chi connectivity index (χ0n) is 11.5. The summed E-state index contributed by atoms with van der Waals surface area (Å²) >= 11 is 0. The predicted molar refractivity (Wildman–Crippen MR) is 68.9 cm³/mol. The quantitative estimate of drug-likeness (QED) is 0.569. The van der Waals surface area contributed by atoms with Gasteiger partial charge in [0, 0.05) is 0 Å². The number of hydrogen-bond donors (Lipinski definition) is 0. The highest BCUT2D eigenvalue weighted by Crippen LogP contribution is 2.60. The van der Waals surface area contributed by atoms with Crippen LogP contribution in [0.5, 0.6) is 0 Å². The van der Waals surface area contributed by atoms with Gasteiger partial charge in [-0.15, -0.1) is 0 Å². The molecule has 0 heterocycles. The van der Waals surface area contributed by atoms with E-state index in [-0.39, 0.29) is 0 Å². The van der Waals surface area contributed by atoms with Crippen LogP contribution in [0.2, 0.25) is 0 Å². The minimum atomic E-state index is 0.346. The van der Waals surface area contributed by atoms with Gasteiger partial charge in [0.25, 0.3) is 0 Å². The molecule has 0 aromatic carbocycles. The molecule has 15 heavy (non-hydrogen) atoms. The SMILES string of the molecule is C=C1C(C)(C)CC(C(C)C)C1(C)CCC. The average Bonchev–Trinajstić information content (AvgIpc) is 2.28. The van der Waals surface area contributed by atoms with Crippen molar-refractivity contribution < 1.29 is 0 Å². The highest BCUT2D eigenvalue weighted by molar-refractivity contribution is 5.25. The molecule has 0 aromatic rings. The molecule has 2 unspecified atom stereocenters.